The molecular formula is C12H24N2O2. The van der Waals surface area contributed by atoms with Crippen molar-refractivity contribution in [1.29, 1.82) is 0 Å². The molecule has 1 amide bonds. The van der Waals surface area contributed by atoms with Gasteiger partial charge < -0.3 is 15.4 Å². The molecule has 0 atom stereocenters. The second-order valence-electron chi connectivity index (χ2n) is 5.12. The zero-order chi connectivity index (χ0) is 12.2. The molecule has 0 heterocycles. The van der Waals surface area contributed by atoms with E-state index in [-0.39, 0.29) is 11.3 Å². The van der Waals surface area contributed by atoms with Crippen LogP contribution in [0.25, 0.3) is 0 Å². The van der Waals surface area contributed by atoms with Gasteiger partial charge in [-0.2, -0.15) is 0 Å². The lowest BCUT2D eigenvalue weighted by Crippen LogP contribution is -2.43. The number of carbonyl (C=O) groups is 1. The minimum Gasteiger partial charge on any atom is -0.383 e. The second kappa shape index (κ2) is 5.64. The van der Waals surface area contributed by atoms with Gasteiger partial charge in [0.15, 0.2) is 0 Å². The molecule has 1 aliphatic carbocycles. The summed E-state index contributed by atoms with van der Waals surface area (Å²) in [4.78, 5) is 14.2. The average Bonchev–Trinajstić information content (AvgIpc) is 3.03. The summed E-state index contributed by atoms with van der Waals surface area (Å²) < 4.78 is 5.05. The van der Waals surface area contributed by atoms with Crippen molar-refractivity contribution in [2.45, 2.75) is 26.7 Å². The molecule has 0 unspecified atom stereocenters. The van der Waals surface area contributed by atoms with E-state index in [1.54, 1.807) is 7.11 Å². The van der Waals surface area contributed by atoms with Gasteiger partial charge in [-0.15, -0.1) is 0 Å². The lowest BCUT2D eigenvalue weighted by atomic mass is 10.0. The monoisotopic (exact) mass is 228 g/mol. The Morgan fingerprint density at radius 2 is 2.12 bits per heavy atom. The molecular weight excluding hydrogens is 204 g/mol. The molecule has 1 rings (SSSR count). The first kappa shape index (κ1) is 13.5. The highest BCUT2D eigenvalue weighted by atomic mass is 16.5. The summed E-state index contributed by atoms with van der Waals surface area (Å²) in [5.74, 6) is 0.704. The molecule has 16 heavy (non-hydrogen) atoms. The summed E-state index contributed by atoms with van der Waals surface area (Å²) in [6.07, 6.45) is 1.90. The zero-order valence-corrected chi connectivity index (χ0v) is 10.7. The third kappa shape index (κ3) is 3.19. The SMILES string of the molecule is COCCN(CC(C)C)C(=O)C1(CN)CC1. The molecule has 94 valence electrons. The Labute approximate surface area is 98.1 Å². The lowest BCUT2D eigenvalue weighted by molar-refractivity contribution is -0.137. The second-order valence-corrected chi connectivity index (χ2v) is 5.12. The normalized spacial score (nSPS) is 17.6. The van der Waals surface area contributed by atoms with Gasteiger partial charge in [-0.05, 0) is 18.8 Å². The standard InChI is InChI=1S/C12H24N2O2/c1-10(2)8-14(6-7-16-3)11(15)12(9-13)4-5-12/h10H,4-9,13H2,1-3H3. The Balaban J connectivity index is 2.57. The van der Waals surface area contributed by atoms with E-state index in [1.165, 1.54) is 0 Å². The van der Waals surface area contributed by atoms with Crippen LogP contribution in [0.1, 0.15) is 26.7 Å². The Morgan fingerprint density at radius 1 is 1.50 bits per heavy atom. The minimum absolute atomic E-state index is 0.223. The number of methoxy groups -OCH3 is 1. The third-order valence-corrected chi connectivity index (χ3v) is 3.14. The molecule has 0 bridgehead atoms. The van der Waals surface area contributed by atoms with Gasteiger partial charge in [0.25, 0.3) is 0 Å². The number of hydrogen-bond donors (Lipinski definition) is 1. The molecule has 4 heteroatoms. The van der Waals surface area contributed by atoms with E-state index in [9.17, 15) is 4.79 Å². The van der Waals surface area contributed by atoms with Gasteiger partial charge in [-0.3, -0.25) is 4.79 Å². The highest BCUT2D eigenvalue weighted by Crippen LogP contribution is 2.46. The Hall–Kier alpha value is -0.610. The van der Waals surface area contributed by atoms with Gasteiger partial charge in [-0.1, -0.05) is 13.8 Å². The van der Waals surface area contributed by atoms with E-state index in [0.717, 1.165) is 19.4 Å². The van der Waals surface area contributed by atoms with E-state index in [4.69, 9.17) is 10.5 Å². The highest BCUT2D eigenvalue weighted by Gasteiger charge is 2.50. The summed E-state index contributed by atoms with van der Waals surface area (Å²) in [5.41, 5.74) is 5.45. The molecule has 2 N–H and O–H groups in total. The van der Waals surface area contributed by atoms with Crippen molar-refractivity contribution in [1.82, 2.24) is 4.90 Å². The summed E-state index contributed by atoms with van der Waals surface area (Å²) >= 11 is 0. The van der Waals surface area contributed by atoms with E-state index in [1.807, 2.05) is 4.90 Å². The van der Waals surface area contributed by atoms with Crippen molar-refractivity contribution in [3.8, 4) is 0 Å². The van der Waals surface area contributed by atoms with Crippen LogP contribution in [0.5, 0.6) is 0 Å². The van der Waals surface area contributed by atoms with E-state index < -0.39 is 0 Å². The maximum Gasteiger partial charge on any atom is 0.230 e. The zero-order valence-electron chi connectivity index (χ0n) is 10.7. The summed E-state index contributed by atoms with van der Waals surface area (Å²) in [6.45, 7) is 6.79. The van der Waals surface area contributed by atoms with Gasteiger partial charge in [0.2, 0.25) is 5.91 Å². The number of hydrogen-bond acceptors (Lipinski definition) is 3. The van der Waals surface area contributed by atoms with Crippen molar-refractivity contribution in [3.63, 3.8) is 0 Å². The molecule has 0 aromatic heterocycles. The fourth-order valence-electron chi connectivity index (χ4n) is 1.91. The third-order valence-electron chi connectivity index (χ3n) is 3.14. The number of rotatable bonds is 7. The van der Waals surface area contributed by atoms with Gasteiger partial charge in [-0.25, -0.2) is 0 Å². The number of amides is 1. The molecule has 0 aliphatic heterocycles. The van der Waals surface area contributed by atoms with Crippen molar-refractivity contribution >= 4 is 5.91 Å². The van der Waals surface area contributed by atoms with Crippen molar-refractivity contribution in [2.24, 2.45) is 17.1 Å². The van der Waals surface area contributed by atoms with Crippen LogP contribution in [-0.2, 0) is 9.53 Å². The number of carbonyl (C=O) groups excluding carboxylic acids is 1. The van der Waals surface area contributed by atoms with E-state index in [2.05, 4.69) is 13.8 Å². The van der Waals surface area contributed by atoms with Crippen LogP contribution in [0.2, 0.25) is 0 Å². The Morgan fingerprint density at radius 3 is 2.50 bits per heavy atom. The Kier molecular flexibility index (Phi) is 4.74. The molecule has 0 aromatic rings. The van der Waals surface area contributed by atoms with Gasteiger partial charge >= 0.3 is 0 Å². The molecule has 0 aromatic carbocycles. The first-order valence-electron chi connectivity index (χ1n) is 6.04. The van der Waals surface area contributed by atoms with Crippen LogP contribution < -0.4 is 5.73 Å². The van der Waals surface area contributed by atoms with Crippen molar-refractivity contribution < 1.29 is 9.53 Å². The largest absolute Gasteiger partial charge is 0.383 e. The van der Waals surface area contributed by atoms with Crippen molar-refractivity contribution in [2.75, 3.05) is 33.4 Å². The maximum absolute atomic E-state index is 12.3. The van der Waals surface area contributed by atoms with E-state index >= 15 is 0 Å². The molecule has 4 nitrogen and oxygen atoms in total. The first-order valence-corrected chi connectivity index (χ1v) is 6.04. The molecule has 0 spiro atoms. The van der Waals surface area contributed by atoms with E-state index in [0.29, 0.717) is 25.6 Å². The smallest absolute Gasteiger partial charge is 0.230 e. The molecule has 1 saturated carbocycles. The first-order chi connectivity index (χ1) is 7.55. The summed E-state index contributed by atoms with van der Waals surface area (Å²) in [5, 5.41) is 0. The number of nitrogens with two attached hydrogens (primary N) is 1. The molecule has 1 fully saturated rings. The topological polar surface area (TPSA) is 55.6 Å². The van der Waals surface area contributed by atoms with Gasteiger partial charge in [0.1, 0.15) is 0 Å². The van der Waals surface area contributed by atoms with Crippen LogP contribution in [-0.4, -0.2) is 44.2 Å². The lowest BCUT2D eigenvalue weighted by Gasteiger charge is -2.28. The quantitative estimate of drug-likeness (QED) is 0.703. The predicted octanol–water partition coefficient (Wildman–Crippen LogP) is 0.856. The van der Waals surface area contributed by atoms with Crippen LogP contribution in [0.15, 0.2) is 0 Å². The van der Waals surface area contributed by atoms with Crippen molar-refractivity contribution in [3.05, 3.63) is 0 Å². The van der Waals surface area contributed by atoms with Crippen LogP contribution >= 0.6 is 0 Å². The molecule has 0 saturated heterocycles. The Bertz CT molecular complexity index is 237. The predicted molar refractivity (Wildman–Crippen MR) is 64.0 cm³/mol. The molecule has 1 aliphatic rings. The summed E-state index contributed by atoms with van der Waals surface area (Å²) in [6, 6.07) is 0. The highest BCUT2D eigenvalue weighted by molar-refractivity contribution is 5.85. The number of ether oxygens (including phenoxy) is 1. The maximum atomic E-state index is 12.3. The fraction of sp³-hybridized carbons (Fsp3) is 0.917. The summed E-state index contributed by atoms with van der Waals surface area (Å²) in [7, 11) is 1.66. The van der Waals surface area contributed by atoms with Crippen LogP contribution in [0.3, 0.4) is 0 Å². The van der Waals surface area contributed by atoms with Crippen LogP contribution in [0.4, 0.5) is 0 Å². The van der Waals surface area contributed by atoms with Gasteiger partial charge in [0, 0.05) is 26.7 Å². The number of nitrogens with zero attached hydrogens (tertiary/aromatic N) is 1. The fourth-order valence-corrected chi connectivity index (χ4v) is 1.91. The van der Waals surface area contributed by atoms with Crippen LogP contribution in [0, 0.1) is 11.3 Å². The van der Waals surface area contributed by atoms with Gasteiger partial charge in [0.05, 0.1) is 12.0 Å². The average molecular weight is 228 g/mol. The minimum atomic E-state index is -0.234. The molecule has 0 radical (unpaired) electrons.